The van der Waals surface area contributed by atoms with Gasteiger partial charge in [0.1, 0.15) is 0 Å². The lowest BCUT2D eigenvalue weighted by atomic mass is 9.99. The fourth-order valence-electron chi connectivity index (χ4n) is 1.50. The smallest absolute Gasteiger partial charge is 0.251 e. The number of amides is 1. The van der Waals surface area contributed by atoms with E-state index in [9.17, 15) is 9.59 Å². The van der Waals surface area contributed by atoms with Crippen LogP contribution in [0.15, 0.2) is 49.1 Å². The van der Waals surface area contributed by atoms with Crippen molar-refractivity contribution in [2.24, 2.45) is 5.92 Å². The summed E-state index contributed by atoms with van der Waals surface area (Å²) in [6.07, 6.45) is 8.86. The highest BCUT2D eigenvalue weighted by molar-refractivity contribution is 6.02. The number of allylic oxidation sites excluding steroid dienone is 3. The Hall–Kier alpha value is -1.90. The first-order chi connectivity index (χ1) is 8.97. The van der Waals surface area contributed by atoms with Gasteiger partial charge >= 0.3 is 0 Å². The van der Waals surface area contributed by atoms with E-state index >= 15 is 0 Å². The average Bonchev–Trinajstić information content (AvgIpc) is 2.39. The molecule has 0 aromatic rings. The van der Waals surface area contributed by atoms with Crippen molar-refractivity contribution >= 4 is 11.7 Å². The molecular formula is C16H23NO2. The predicted octanol–water partition coefficient (Wildman–Crippen LogP) is 2.96. The van der Waals surface area contributed by atoms with E-state index in [4.69, 9.17) is 0 Å². The third kappa shape index (κ3) is 6.00. The van der Waals surface area contributed by atoms with Crippen LogP contribution in [0.4, 0.5) is 0 Å². The molecule has 0 heterocycles. The van der Waals surface area contributed by atoms with E-state index in [0.29, 0.717) is 5.57 Å². The lowest BCUT2D eigenvalue weighted by Crippen LogP contribution is -2.44. The topological polar surface area (TPSA) is 46.2 Å². The number of hydrogen-bond acceptors (Lipinski definition) is 2. The van der Waals surface area contributed by atoms with Crippen LogP contribution in [0.5, 0.6) is 0 Å². The molecule has 0 aliphatic heterocycles. The van der Waals surface area contributed by atoms with Gasteiger partial charge in [0, 0.05) is 5.57 Å². The Morgan fingerprint density at radius 3 is 2.32 bits per heavy atom. The number of nitrogens with one attached hydrogen (secondary N) is 1. The molecule has 0 spiro atoms. The van der Waals surface area contributed by atoms with Crippen LogP contribution in [0.25, 0.3) is 0 Å². The first-order valence-electron chi connectivity index (χ1n) is 6.44. The minimum Gasteiger partial charge on any atom is -0.342 e. The molecule has 0 radical (unpaired) electrons. The summed E-state index contributed by atoms with van der Waals surface area (Å²) < 4.78 is 0. The normalized spacial score (nSPS) is 13.4. The summed E-state index contributed by atoms with van der Waals surface area (Å²) in [5, 5.41) is 2.73. The molecule has 0 saturated heterocycles. The van der Waals surface area contributed by atoms with Crippen molar-refractivity contribution in [2.45, 2.75) is 33.2 Å². The second-order valence-electron chi connectivity index (χ2n) is 4.47. The molecule has 0 aliphatic rings. The van der Waals surface area contributed by atoms with Crippen LogP contribution >= 0.6 is 0 Å². The Labute approximate surface area is 115 Å². The van der Waals surface area contributed by atoms with Gasteiger partial charge in [0.25, 0.3) is 5.91 Å². The summed E-state index contributed by atoms with van der Waals surface area (Å²) in [6.45, 7) is 12.8. The van der Waals surface area contributed by atoms with Gasteiger partial charge in [-0.05, 0) is 18.4 Å². The highest BCUT2D eigenvalue weighted by atomic mass is 16.2. The SMILES string of the molecule is C=C/C=C(\C=C/CC)C(=O)N[C@H](C(=O)C=C)C(C)C. The maximum Gasteiger partial charge on any atom is 0.251 e. The van der Waals surface area contributed by atoms with Crippen molar-refractivity contribution in [1.82, 2.24) is 5.32 Å². The number of rotatable bonds is 8. The van der Waals surface area contributed by atoms with Crippen LogP contribution in [0.1, 0.15) is 27.2 Å². The lowest BCUT2D eigenvalue weighted by molar-refractivity contribution is -0.124. The molecule has 3 heteroatoms. The van der Waals surface area contributed by atoms with Gasteiger partial charge in [0.05, 0.1) is 6.04 Å². The first-order valence-corrected chi connectivity index (χ1v) is 6.44. The fraction of sp³-hybridized carbons (Fsp3) is 0.375. The summed E-state index contributed by atoms with van der Waals surface area (Å²) >= 11 is 0. The summed E-state index contributed by atoms with van der Waals surface area (Å²) in [4.78, 5) is 23.8. The van der Waals surface area contributed by atoms with Crippen LogP contribution in [0, 0.1) is 5.92 Å². The Balaban J connectivity index is 5.01. The second-order valence-corrected chi connectivity index (χ2v) is 4.47. The molecule has 1 atom stereocenters. The van der Waals surface area contributed by atoms with Crippen LogP contribution in [0.3, 0.4) is 0 Å². The zero-order valence-electron chi connectivity index (χ0n) is 12.0. The fourth-order valence-corrected chi connectivity index (χ4v) is 1.50. The van der Waals surface area contributed by atoms with Gasteiger partial charge in [0.2, 0.25) is 0 Å². The third-order valence-corrected chi connectivity index (χ3v) is 2.55. The van der Waals surface area contributed by atoms with Crippen molar-refractivity contribution < 1.29 is 9.59 Å². The monoisotopic (exact) mass is 261 g/mol. The molecule has 0 aromatic heterocycles. The minimum atomic E-state index is -0.548. The predicted molar refractivity (Wildman–Crippen MR) is 79.7 cm³/mol. The highest BCUT2D eigenvalue weighted by Gasteiger charge is 2.22. The van der Waals surface area contributed by atoms with Crippen LogP contribution in [-0.2, 0) is 9.59 Å². The maximum atomic E-state index is 12.1. The van der Waals surface area contributed by atoms with Crippen molar-refractivity contribution in [3.05, 3.63) is 49.1 Å². The van der Waals surface area contributed by atoms with Crippen molar-refractivity contribution in [1.29, 1.82) is 0 Å². The number of carbonyl (C=O) groups is 2. The van der Waals surface area contributed by atoms with E-state index < -0.39 is 6.04 Å². The van der Waals surface area contributed by atoms with E-state index in [1.165, 1.54) is 6.08 Å². The molecule has 0 saturated carbocycles. The standard InChI is InChI=1S/C16H23NO2/c1-6-9-11-13(10-7-2)16(19)17-15(12(4)5)14(18)8-3/h7-12,15H,2-3,6H2,1,4-5H3,(H,17,19)/b11-9-,13-10+/t15-/m0/s1. The molecule has 1 amide bonds. The Kier molecular flexibility index (Phi) is 8.18. The van der Waals surface area contributed by atoms with Crippen LogP contribution < -0.4 is 5.32 Å². The Morgan fingerprint density at radius 2 is 1.89 bits per heavy atom. The molecule has 0 aromatic carbocycles. The zero-order valence-corrected chi connectivity index (χ0v) is 12.0. The van der Waals surface area contributed by atoms with E-state index in [-0.39, 0.29) is 17.6 Å². The summed E-state index contributed by atoms with van der Waals surface area (Å²) in [5.74, 6) is -0.450. The summed E-state index contributed by atoms with van der Waals surface area (Å²) in [6, 6.07) is -0.548. The van der Waals surface area contributed by atoms with Crippen molar-refractivity contribution in [3.63, 3.8) is 0 Å². The van der Waals surface area contributed by atoms with E-state index in [2.05, 4.69) is 18.5 Å². The quantitative estimate of drug-likeness (QED) is 0.539. The lowest BCUT2D eigenvalue weighted by Gasteiger charge is -2.19. The van der Waals surface area contributed by atoms with Crippen LogP contribution in [0.2, 0.25) is 0 Å². The Bertz CT molecular complexity index is 403. The van der Waals surface area contributed by atoms with Gasteiger partial charge in [-0.3, -0.25) is 9.59 Å². The van der Waals surface area contributed by atoms with Crippen LogP contribution in [-0.4, -0.2) is 17.7 Å². The molecule has 104 valence electrons. The van der Waals surface area contributed by atoms with Gasteiger partial charge < -0.3 is 5.32 Å². The van der Waals surface area contributed by atoms with E-state index in [1.807, 2.05) is 26.8 Å². The average molecular weight is 261 g/mol. The zero-order chi connectivity index (χ0) is 14.8. The van der Waals surface area contributed by atoms with Gasteiger partial charge in [0.15, 0.2) is 5.78 Å². The molecule has 0 aliphatic carbocycles. The maximum absolute atomic E-state index is 12.1. The molecule has 19 heavy (non-hydrogen) atoms. The number of hydrogen-bond donors (Lipinski definition) is 1. The van der Waals surface area contributed by atoms with Crippen molar-refractivity contribution in [3.8, 4) is 0 Å². The van der Waals surface area contributed by atoms with Gasteiger partial charge in [-0.1, -0.05) is 58.2 Å². The summed E-state index contributed by atoms with van der Waals surface area (Å²) in [5.41, 5.74) is 0.486. The van der Waals surface area contributed by atoms with E-state index in [1.54, 1.807) is 18.2 Å². The van der Waals surface area contributed by atoms with Gasteiger partial charge in [-0.2, -0.15) is 0 Å². The van der Waals surface area contributed by atoms with Gasteiger partial charge in [-0.25, -0.2) is 0 Å². The molecule has 0 bridgehead atoms. The first kappa shape index (κ1) is 17.1. The molecular weight excluding hydrogens is 238 g/mol. The second kappa shape index (κ2) is 9.09. The largest absolute Gasteiger partial charge is 0.342 e. The molecule has 3 nitrogen and oxygen atoms in total. The van der Waals surface area contributed by atoms with Crippen molar-refractivity contribution in [2.75, 3.05) is 0 Å². The summed E-state index contributed by atoms with van der Waals surface area (Å²) in [7, 11) is 0. The highest BCUT2D eigenvalue weighted by Crippen LogP contribution is 2.07. The number of carbonyl (C=O) groups excluding carboxylic acids is 2. The Morgan fingerprint density at radius 1 is 1.26 bits per heavy atom. The number of ketones is 1. The molecule has 0 fully saturated rings. The minimum absolute atomic E-state index is 0.00888. The third-order valence-electron chi connectivity index (χ3n) is 2.55. The van der Waals surface area contributed by atoms with E-state index in [0.717, 1.165) is 6.42 Å². The molecule has 1 N–H and O–H groups in total. The molecule has 0 unspecified atom stereocenters. The molecule has 0 rings (SSSR count). The van der Waals surface area contributed by atoms with Gasteiger partial charge in [-0.15, -0.1) is 0 Å².